The summed E-state index contributed by atoms with van der Waals surface area (Å²) < 4.78 is 5.38. The summed E-state index contributed by atoms with van der Waals surface area (Å²) in [4.78, 5) is 0. The molecular weight excluding hydrogens is 246 g/mol. The number of benzene rings is 1. The number of methoxy groups -OCH3 is 1. The highest BCUT2D eigenvalue weighted by Crippen LogP contribution is 2.30. The predicted molar refractivity (Wildman–Crippen MR) is 76.3 cm³/mol. The van der Waals surface area contributed by atoms with Gasteiger partial charge in [-0.15, -0.1) is 0 Å². The number of rotatable bonds is 4. The summed E-state index contributed by atoms with van der Waals surface area (Å²) in [5, 5.41) is 0.777. The zero-order chi connectivity index (χ0) is 13.0. The topological polar surface area (TPSA) is 35.2 Å². The van der Waals surface area contributed by atoms with Crippen molar-refractivity contribution in [1.29, 1.82) is 0 Å². The van der Waals surface area contributed by atoms with E-state index < -0.39 is 0 Å². The van der Waals surface area contributed by atoms with Crippen LogP contribution >= 0.6 is 11.6 Å². The highest BCUT2D eigenvalue weighted by atomic mass is 35.5. The Morgan fingerprint density at radius 1 is 1.33 bits per heavy atom. The van der Waals surface area contributed by atoms with Crippen LogP contribution in [0.1, 0.15) is 37.7 Å². The Kier molecular flexibility index (Phi) is 4.90. The lowest BCUT2D eigenvalue weighted by atomic mass is 9.81. The van der Waals surface area contributed by atoms with Crippen molar-refractivity contribution in [2.75, 3.05) is 7.11 Å². The Balaban J connectivity index is 1.98. The van der Waals surface area contributed by atoms with Crippen LogP contribution in [0.15, 0.2) is 18.2 Å². The molecular formula is C15H22ClNO. The Bertz CT molecular complexity index is 394. The summed E-state index contributed by atoms with van der Waals surface area (Å²) in [5.74, 6) is 1.59. The van der Waals surface area contributed by atoms with Crippen LogP contribution in [0.2, 0.25) is 5.02 Å². The van der Waals surface area contributed by atoms with Crippen LogP contribution in [0.4, 0.5) is 0 Å². The van der Waals surface area contributed by atoms with Crippen LogP contribution in [0.25, 0.3) is 0 Å². The quantitative estimate of drug-likeness (QED) is 0.901. The van der Waals surface area contributed by atoms with Crippen molar-refractivity contribution in [2.45, 2.75) is 44.6 Å². The Hall–Kier alpha value is -0.730. The summed E-state index contributed by atoms with van der Waals surface area (Å²) in [5.41, 5.74) is 7.38. The Morgan fingerprint density at radius 3 is 2.83 bits per heavy atom. The number of halogens is 1. The lowest BCUT2D eigenvalue weighted by Gasteiger charge is -2.28. The number of hydrogen-bond acceptors (Lipinski definition) is 2. The molecule has 1 aromatic rings. The molecule has 2 nitrogen and oxygen atoms in total. The van der Waals surface area contributed by atoms with E-state index in [4.69, 9.17) is 22.1 Å². The molecule has 1 aromatic carbocycles. The summed E-state index contributed by atoms with van der Waals surface area (Å²) in [7, 11) is 1.71. The zero-order valence-electron chi connectivity index (χ0n) is 11.0. The minimum atomic E-state index is 0.379. The van der Waals surface area contributed by atoms with Crippen molar-refractivity contribution in [1.82, 2.24) is 0 Å². The molecule has 1 aliphatic carbocycles. The van der Waals surface area contributed by atoms with Gasteiger partial charge in [0.05, 0.1) is 7.11 Å². The molecule has 0 amide bonds. The van der Waals surface area contributed by atoms with Crippen molar-refractivity contribution in [3.8, 4) is 5.75 Å². The lowest BCUT2D eigenvalue weighted by Crippen LogP contribution is -2.33. The molecule has 0 heterocycles. The molecule has 2 N–H and O–H groups in total. The van der Waals surface area contributed by atoms with Crippen molar-refractivity contribution in [2.24, 2.45) is 11.7 Å². The Morgan fingerprint density at radius 2 is 2.11 bits per heavy atom. The maximum absolute atomic E-state index is 6.19. The molecule has 3 heteroatoms. The van der Waals surface area contributed by atoms with Crippen LogP contribution in [0, 0.1) is 5.92 Å². The molecule has 0 aliphatic heterocycles. The molecule has 100 valence electrons. The summed E-state index contributed by atoms with van der Waals surface area (Å²) >= 11 is 6.04. The van der Waals surface area contributed by atoms with Crippen molar-refractivity contribution >= 4 is 11.6 Å². The second-order valence-corrected chi connectivity index (χ2v) is 5.64. The third-order valence-corrected chi connectivity index (χ3v) is 4.23. The van der Waals surface area contributed by atoms with Gasteiger partial charge in [0.25, 0.3) is 0 Å². The highest BCUT2D eigenvalue weighted by Gasteiger charge is 2.21. The molecule has 0 bridgehead atoms. The van der Waals surface area contributed by atoms with Crippen molar-refractivity contribution < 1.29 is 4.74 Å². The summed E-state index contributed by atoms with van der Waals surface area (Å²) in [6.45, 7) is 0. The van der Waals surface area contributed by atoms with Crippen molar-refractivity contribution in [3.63, 3.8) is 0 Å². The second-order valence-electron chi connectivity index (χ2n) is 5.20. The highest BCUT2D eigenvalue weighted by molar-refractivity contribution is 6.30. The van der Waals surface area contributed by atoms with Crippen molar-refractivity contribution in [3.05, 3.63) is 28.8 Å². The molecule has 1 saturated carbocycles. The largest absolute Gasteiger partial charge is 0.496 e. The molecule has 2 unspecified atom stereocenters. The lowest BCUT2D eigenvalue weighted by molar-refractivity contribution is 0.291. The predicted octanol–water partition coefficient (Wildman–Crippen LogP) is 3.80. The number of nitrogens with two attached hydrogens (primary N) is 1. The number of ether oxygens (including phenoxy) is 1. The average molecular weight is 268 g/mol. The van der Waals surface area contributed by atoms with E-state index in [-0.39, 0.29) is 0 Å². The molecule has 2 rings (SSSR count). The van der Waals surface area contributed by atoms with Gasteiger partial charge in [-0.05, 0) is 55.4 Å². The van der Waals surface area contributed by atoms with Crippen LogP contribution in [0.5, 0.6) is 5.75 Å². The molecule has 1 aliphatic rings. The van der Waals surface area contributed by atoms with E-state index in [1.165, 1.54) is 31.2 Å². The van der Waals surface area contributed by atoms with Gasteiger partial charge >= 0.3 is 0 Å². The third kappa shape index (κ3) is 3.39. The summed E-state index contributed by atoms with van der Waals surface area (Å²) in [6.07, 6.45) is 7.20. The minimum Gasteiger partial charge on any atom is -0.496 e. The van der Waals surface area contributed by atoms with Gasteiger partial charge in [-0.2, -0.15) is 0 Å². The first-order chi connectivity index (χ1) is 8.70. The van der Waals surface area contributed by atoms with E-state index >= 15 is 0 Å². The van der Waals surface area contributed by atoms with E-state index in [0.717, 1.165) is 23.6 Å². The first-order valence-corrected chi connectivity index (χ1v) is 7.16. The molecule has 0 saturated heterocycles. The van der Waals surface area contributed by atoms with Crippen LogP contribution < -0.4 is 10.5 Å². The first kappa shape index (κ1) is 13.7. The maximum Gasteiger partial charge on any atom is 0.122 e. The van der Waals surface area contributed by atoms with Gasteiger partial charge < -0.3 is 10.5 Å². The smallest absolute Gasteiger partial charge is 0.122 e. The van der Waals surface area contributed by atoms with E-state index in [1.807, 2.05) is 18.2 Å². The molecule has 0 spiro atoms. The van der Waals surface area contributed by atoms with E-state index in [1.54, 1.807) is 7.11 Å². The van der Waals surface area contributed by atoms with Gasteiger partial charge in [-0.1, -0.05) is 24.4 Å². The fourth-order valence-electron chi connectivity index (χ4n) is 2.88. The average Bonchev–Trinajstić information content (AvgIpc) is 2.38. The molecule has 1 fully saturated rings. The van der Waals surface area contributed by atoms with E-state index in [2.05, 4.69) is 0 Å². The third-order valence-electron chi connectivity index (χ3n) is 3.99. The molecule has 0 aromatic heterocycles. The monoisotopic (exact) mass is 267 g/mol. The van der Waals surface area contributed by atoms with E-state index in [0.29, 0.717) is 12.0 Å². The van der Waals surface area contributed by atoms with Crippen LogP contribution in [-0.2, 0) is 6.42 Å². The molecule has 0 radical (unpaired) electrons. The number of hydrogen-bond donors (Lipinski definition) is 1. The van der Waals surface area contributed by atoms with Gasteiger partial charge in [0, 0.05) is 11.1 Å². The number of aryl methyl sites for hydroxylation is 1. The minimum absolute atomic E-state index is 0.379. The van der Waals surface area contributed by atoms with E-state index in [9.17, 15) is 0 Å². The second kappa shape index (κ2) is 6.44. The first-order valence-electron chi connectivity index (χ1n) is 6.78. The summed E-state index contributed by atoms with van der Waals surface area (Å²) in [6, 6.07) is 6.20. The van der Waals surface area contributed by atoms with Crippen LogP contribution in [-0.4, -0.2) is 13.2 Å². The Labute approximate surface area is 114 Å². The zero-order valence-corrected chi connectivity index (χ0v) is 11.7. The SMILES string of the molecule is COc1ccc(Cl)cc1CCC1CCCCC1N. The van der Waals surface area contributed by atoms with Gasteiger partial charge in [0.15, 0.2) is 0 Å². The molecule has 2 atom stereocenters. The van der Waals surface area contributed by atoms with Gasteiger partial charge in [0.2, 0.25) is 0 Å². The van der Waals surface area contributed by atoms with Gasteiger partial charge in [0.1, 0.15) is 5.75 Å². The molecule has 18 heavy (non-hydrogen) atoms. The standard InChI is InChI=1S/C15H22ClNO/c1-18-15-9-8-13(16)10-12(15)7-6-11-4-2-3-5-14(11)17/h8-11,14H,2-7,17H2,1H3. The van der Waals surface area contributed by atoms with Gasteiger partial charge in [-0.3, -0.25) is 0 Å². The fourth-order valence-corrected chi connectivity index (χ4v) is 3.07. The van der Waals surface area contributed by atoms with Crippen LogP contribution in [0.3, 0.4) is 0 Å². The fraction of sp³-hybridized carbons (Fsp3) is 0.600. The normalized spacial score (nSPS) is 23.9. The maximum atomic E-state index is 6.19. The van der Waals surface area contributed by atoms with Gasteiger partial charge in [-0.25, -0.2) is 0 Å².